The molecular weight excluding hydrogens is 364 g/mol. The van der Waals surface area contributed by atoms with Gasteiger partial charge in [0.15, 0.2) is 0 Å². The average molecular weight is 388 g/mol. The zero-order valence-electron chi connectivity index (χ0n) is 17.0. The Bertz CT molecular complexity index is 1080. The van der Waals surface area contributed by atoms with E-state index in [0.29, 0.717) is 17.0 Å². The van der Waals surface area contributed by atoms with Crippen molar-refractivity contribution in [2.45, 2.75) is 27.7 Å². The van der Waals surface area contributed by atoms with E-state index in [2.05, 4.69) is 10.6 Å². The van der Waals surface area contributed by atoms with E-state index in [1.807, 2.05) is 52.0 Å². The van der Waals surface area contributed by atoms with Gasteiger partial charge in [-0.2, -0.15) is 0 Å². The molecule has 0 aliphatic rings. The van der Waals surface area contributed by atoms with Crippen LogP contribution < -0.4 is 10.6 Å². The lowest BCUT2D eigenvalue weighted by Crippen LogP contribution is -2.31. The number of nitrogens with one attached hydrogen (secondary N) is 2. The van der Waals surface area contributed by atoms with Gasteiger partial charge in [-0.15, -0.1) is 0 Å². The monoisotopic (exact) mass is 388 g/mol. The van der Waals surface area contributed by atoms with Crippen molar-refractivity contribution in [2.75, 3.05) is 5.32 Å². The zero-order valence-corrected chi connectivity index (χ0v) is 17.0. The third kappa shape index (κ3) is 5.02. The predicted octanol–water partition coefficient (Wildman–Crippen LogP) is 4.92. The largest absolute Gasteiger partial charge is 0.465 e. The molecule has 2 N–H and O–H groups in total. The van der Waals surface area contributed by atoms with Crippen molar-refractivity contribution in [1.82, 2.24) is 5.32 Å². The molecular formula is C24H24N2O3. The summed E-state index contributed by atoms with van der Waals surface area (Å²) in [4.78, 5) is 25.7. The van der Waals surface area contributed by atoms with Crippen LogP contribution in [0.1, 0.15) is 38.4 Å². The van der Waals surface area contributed by atoms with Gasteiger partial charge in [0.05, 0.1) is 6.26 Å². The number of hydrogen-bond donors (Lipinski definition) is 2. The third-order valence-corrected chi connectivity index (χ3v) is 4.72. The van der Waals surface area contributed by atoms with Crippen molar-refractivity contribution < 1.29 is 14.0 Å². The fourth-order valence-corrected chi connectivity index (χ4v) is 2.89. The first-order valence-electron chi connectivity index (χ1n) is 9.36. The van der Waals surface area contributed by atoms with Gasteiger partial charge in [-0.05, 0) is 74.7 Å². The van der Waals surface area contributed by atoms with Crippen molar-refractivity contribution in [1.29, 1.82) is 0 Å². The summed E-state index contributed by atoms with van der Waals surface area (Å²) in [5.41, 5.74) is 5.42. The van der Waals surface area contributed by atoms with Gasteiger partial charge in [0.1, 0.15) is 11.5 Å². The van der Waals surface area contributed by atoms with Crippen LogP contribution >= 0.6 is 0 Å². The van der Waals surface area contributed by atoms with E-state index in [1.54, 1.807) is 24.3 Å². The minimum absolute atomic E-state index is 0.100. The molecule has 0 fully saturated rings. The number of carbonyl (C=O) groups excluding carboxylic acids is 2. The van der Waals surface area contributed by atoms with Crippen LogP contribution in [0.2, 0.25) is 0 Å². The molecule has 3 aromatic rings. The minimum Gasteiger partial charge on any atom is -0.465 e. The van der Waals surface area contributed by atoms with E-state index >= 15 is 0 Å². The Morgan fingerprint density at radius 3 is 2.34 bits per heavy atom. The molecule has 0 saturated carbocycles. The van der Waals surface area contributed by atoms with Crippen LogP contribution in [-0.4, -0.2) is 11.8 Å². The molecule has 0 atom stereocenters. The second-order valence-corrected chi connectivity index (χ2v) is 7.10. The van der Waals surface area contributed by atoms with E-state index in [4.69, 9.17) is 4.42 Å². The van der Waals surface area contributed by atoms with Crippen LogP contribution in [-0.2, 0) is 4.79 Å². The smallest absolute Gasteiger partial charge is 0.272 e. The molecule has 0 bridgehead atoms. The maximum atomic E-state index is 12.9. The first kappa shape index (κ1) is 20.1. The Morgan fingerprint density at radius 1 is 0.897 bits per heavy atom. The van der Waals surface area contributed by atoms with Crippen molar-refractivity contribution in [2.24, 2.45) is 0 Å². The van der Waals surface area contributed by atoms with Gasteiger partial charge in [-0.25, -0.2) is 0 Å². The van der Waals surface area contributed by atoms with Crippen molar-refractivity contribution in [3.63, 3.8) is 0 Å². The number of anilines is 1. The molecule has 0 spiro atoms. The molecule has 1 aromatic heterocycles. The van der Waals surface area contributed by atoms with Crippen LogP contribution in [0.15, 0.2) is 64.9 Å². The molecule has 0 radical (unpaired) electrons. The highest BCUT2D eigenvalue weighted by atomic mass is 16.3. The number of amides is 2. The van der Waals surface area contributed by atoms with Gasteiger partial charge in [0.25, 0.3) is 11.8 Å². The van der Waals surface area contributed by atoms with E-state index in [1.165, 1.54) is 12.3 Å². The molecule has 5 nitrogen and oxygen atoms in total. The zero-order chi connectivity index (χ0) is 21.0. The summed E-state index contributed by atoms with van der Waals surface area (Å²) in [6.45, 7) is 7.84. The highest BCUT2D eigenvalue weighted by Crippen LogP contribution is 2.18. The highest BCUT2D eigenvalue weighted by Gasteiger charge is 2.17. The van der Waals surface area contributed by atoms with Gasteiger partial charge >= 0.3 is 0 Å². The summed E-state index contributed by atoms with van der Waals surface area (Å²) in [6, 6.07) is 14.6. The Balaban J connectivity index is 1.87. The summed E-state index contributed by atoms with van der Waals surface area (Å²) in [5.74, 6) is -0.316. The Hall–Kier alpha value is -3.60. The van der Waals surface area contributed by atoms with Gasteiger partial charge in [-0.3, -0.25) is 9.59 Å². The maximum Gasteiger partial charge on any atom is 0.272 e. The highest BCUT2D eigenvalue weighted by molar-refractivity contribution is 6.10. The topological polar surface area (TPSA) is 71.3 Å². The average Bonchev–Trinajstić information content (AvgIpc) is 3.18. The molecule has 1 heterocycles. The first-order chi connectivity index (χ1) is 13.8. The standard InChI is InChI=1S/C24H24N2O3/c1-15-7-10-21(18(4)12-15)25-24(28)22(14-20-6-5-11-29-20)26-23(27)19-9-8-16(2)17(3)13-19/h5-14H,1-4H3,(H,25,28)(H,26,27). The number of benzene rings is 2. The van der Waals surface area contributed by atoms with Crippen LogP contribution in [0.3, 0.4) is 0 Å². The van der Waals surface area contributed by atoms with Gasteiger partial charge in [0.2, 0.25) is 0 Å². The number of rotatable bonds is 5. The summed E-state index contributed by atoms with van der Waals surface area (Å²) < 4.78 is 5.32. The molecule has 0 aliphatic heterocycles. The SMILES string of the molecule is Cc1ccc(NC(=O)C(=Cc2ccco2)NC(=O)c2ccc(C)c(C)c2)c(C)c1. The summed E-state index contributed by atoms with van der Waals surface area (Å²) in [7, 11) is 0. The number of furan rings is 1. The lowest BCUT2D eigenvalue weighted by Gasteiger charge is -2.13. The Morgan fingerprint density at radius 2 is 1.69 bits per heavy atom. The van der Waals surface area contributed by atoms with Crippen molar-refractivity contribution >= 4 is 23.6 Å². The fourth-order valence-electron chi connectivity index (χ4n) is 2.89. The van der Waals surface area contributed by atoms with Crippen LogP contribution in [0.25, 0.3) is 6.08 Å². The molecule has 148 valence electrons. The van der Waals surface area contributed by atoms with Gasteiger partial charge in [0, 0.05) is 17.3 Å². The van der Waals surface area contributed by atoms with E-state index in [9.17, 15) is 9.59 Å². The molecule has 5 heteroatoms. The molecule has 0 aliphatic carbocycles. The van der Waals surface area contributed by atoms with Crippen molar-refractivity contribution in [3.05, 3.63) is 94.1 Å². The van der Waals surface area contributed by atoms with Gasteiger partial charge in [-0.1, -0.05) is 23.8 Å². The molecule has 2 amide bonds. The van der Waals surface area contributed by atoms with E-state index in [-0.39, 0.29) is 11.6 Å². The second-order valence-electron chi connectivity index (χ2n) is 7.10. The molecule has 0 saturated heterocycles. The minimum atomic E-state index is -0.425. The molecule has 3 rings (SSSR count). The Kier molecular flexibility index (Phi) is 5.98. The fraction of sp³-hybridized carbons (Fsp3) is 0.167. The summed E-state index contributed by atoms with van der Waals surface area (Å²) >= 11 is 0. The van der Waals surface area contributed by atoms with Gasteiger partial charge < -0.3 is 15.1 Å². The van der Waals surface area contributed by atoms with Crippen LogP contribution in [0.4, 0.5) is 5.69 Å². The van der Waals surface area contributed by atoms with Crippen LogP contribution in [0.5, 0.6) is 0 Å². The summed E-state index contributed by atoms with van der Waals surface area (Å²) in [5, 5.41) is 5.58. The summed E-state index contributed by atoms with van der Waals surface area (Å²) in [6.07, 6.45) is 3.02. The molecule has 29 heavy (non-hydrogen) atoms. The number of carbonyl (C=O) groups is 2. The maximum absolute atomic E-state index is 12.9. The first-order valence-corrected chi connectivity index (χ1v) is 9.36. The number of aryl methyl sites for hydroxylation is 4. The number of hydrogen-bond acceptors (Lipinski definition) is 3. The normalized spacial score (nSPS) is 11.2. The lowest BCUT2D eigenvalue weighted by molar-refractivity contribution is -0.113. The molecule has 0 unspecified atom stereocenters. The van der Waals surface area contributed by atoms with E-state index in [0.717, 1.165) is 22.3 Å². The van der Waals surface area contributed by atoms with E-state index < -0.39 is 5.91 Å². The lowest BCUT2D eigenvalue weighted by atomic mass is 10.1. The van der Waals surface area contributed by atoms with Crippen molar-refractivity contribution in [3.8, 4) is 0 Å². The Labute approximate surface area is 170 Å². The second kappa shape index (κ2) is 8.61. The molecule has 2 aromatic carbocycles. The predicted molar refractivity (Wildman–Crippen MR) is 115 cm³/mol. The third-order valence-electron chi connectivity index (χ3n) is 4.72. The quantitative estimate of drug-likeness (QED) is 0.609. The van der Waals surface area contributed by atoms with Crippen LogP contribution in [0, 0.1) is 27.7 Å².